The van der Waals surface area contributed by atoms with Crippen molar-refractivity contribution in [2.75, 3.05) is 19.8 Å². The Hall–Kier alpha value is -2.11. The van der Waals surface area contributed by atoms with E-state index < -0.39 is 0 Å². The summed E-state index contributed by atoms with van der Waals surface area (Å²) in [5, 5.41) is 18.1. The maximum Gasteiger partial charge on any atom is 0.315 e. The van der Waals surface area contributed by atoms with Gasteiger partial charge in [-0.25, -0.2) is 4.79 Å². The zero-order chi connectivity index (χ0) is 17.9. The van der Waals surface area contributed by atoms with Crippen LogP contribution in [0.1, 0.15) is 30.7 Å². The number of hydrogen-bond acceptors (Lipinski definition) is 3. The first-order valence-electron chi connectivity index (χ1n) is 9.49. The van der Waals surface area contributed by atoms with E-state index in [4.69, 9.17) is 4.74 Å². The zero-order valence-corrected chi connectivity index (χ0v) is 14.9. The molecule has 3 atom stereocenters. The molecular weight excluding hydrogens is 328 g/mol. The molecule has 5 nitrogen and oxygen atoms in total. The lowest BCUT2D eigenvalue weighted by Gasteiger charge is -2.29. The van der Waals surface area contributed by atoms with Crippen molar-refractivity contribution in [2.24, 2.45) is 5.92 Å². The number of hydrogen-bond donors (Lipinski definition) is 3. The Morgan fingerprint density at radius 3 is 2.69 bits per heavy atom. The van der Waals surface area contributed by atoms with Crippen LogP contribution in [0.25, 0.3) is 10.8 Å². The Labute approximate surface area is 153 Å². The van der Waals surface area contributed by atoms with E-state index in [0.29, 0.717) is 19.1 Å². The second-order valence-electron chi connectivity index (χ2n) is 7.41. The lowest BCUT2D eigenvalue weighted by Crippen LogP contribution is -2.49. The molecule has 2 aromatic rings. The number of urea groups is 1. The van der Waals surface area contributed by atoms with Crippen LogP contribution < -0.4 is 10.6 Å². The Kier molecular flexibility index (Phi) is 5.09. The summed E-state index contributed by atoms with van der Waals surface area (Å²) < 4.78 is 5.36. The predicted molar refractivity (Wildman–Crippen MR) is 101 cm³/mol. The number of aliphatic hydroxyl groups excluding tert-OH is 1. The fraction of sp³-hybridized carbons (Fsp3) is 0.476. The minimum atomic E-state index is -0.197. The van der Waals surface area contributed by atoms with E-state index in [1.807, 2.05) is 12.1 Å². The number of nitrogens with one attached hydrogen (secondary N) is 2. The van der Waals surface area contributed by atoms with E-state index in [1.165, 1.54) is 16.3 Å². The highest BCUT2D eigenvalue weighted by Crippen LogP contribution is 2.41. The van der Waals surface area contributed by atoms with Crippen LogP contribution in [0.3, 0.4) is 0 Å². The highest BCUT2D eigenvalue weighted by molar-refractivity contribution is 5.83. The van der Waals surface area contributed by atoms with Crippen molar-refractivity contribution >= 4 is 16.8 Å². The molecule has 2 aliphatic rings. The van der Waals surface area contributed by atoms with Crippen LogP contribution in [-0.2, 0) is 4.74 Å². The van der Waals surface area contributed by atoms with Gasteiger partial charge in [0.15, 0.2) is 0 Å². The minimum absolute atomic E-state index is 0.0309. The molecule has 2 amide bonds. The molecule has 1 saturated heterocycles. The Morgan fingerprint density at radius 2 is 1.92 bits per heavy atom. The number of fused-ring (bicyclic) bond motifs is 1. The van der Waals surface area contributed by atoms with E-state index in [2.05, 4.69) is 41.0 Å². The molecule has 1 unspecified atom stereocenters. The highest BCUT2D eigenvalue weighted by atomic mass is 16.5. The van der Waals surface area contributed by atoms with E-state index in [0.717, 1.165) is 19.3 Å². The molecule has 1 aliphatic heterocycles. The molecule has 0 radical (unpaired) electrons. The Morgan fingerprint density at radius 1 is 1.15 bits per heavy atom. The van der Waals surface area contributed by atoms with E-state index >= 15 is 0 Å². The molecule has 5 heteroatoms. The van der Waals surface area contributed by atoms with E-state index in [-0.39, 0.29) is 30.6 Å². The molecule has 1 saturated carbocycles. The van der Waals surface area contributed by atoms with Gasteiger partial charge in [0.05, 0.1) is 12.6 Å². The summed E-state index contributed by atoms with van der Waals surface area (Å²) in [6, 6.07) is 14.6. The third-order valence-corrected chi connectivity index (χ3v) is 5.66. The molecule has 0 bridgehead atoms. The summed E-state index contributed by atoms with van der Waals surface area (Å²) in [6.45, 7) is 1.38. The van der Waals surface area contributed by atoms with Gasteiger partial charge >= 0.3 is 6.03 Å². The summed E-state index contributed by atoms with van der Waals surface area (Å²) in [7, 11) is 0. The third kappa shape index (κ3) is 3.84. The van der Waals surface area contributed by atoms with Crippen molar-refractivity contribution in [1.82, 2.24) is 10.6 Å². The van der Waals surface area contributed by atoms with Crippen LogP contribution in [0.5, 0.6) is 0 Å². The summed E-state index contributed by atoms with van der Waals surface area (Å²) in [5.74, 6) is 0.663. The molecule has 0 spiro atoms. The first-order chi connectivity index (χ1) is 12.7. The summed E-state index contributed by atoms with van der Waals surface area (Å²) in [6.07, 6.45) is 2.73. The topological polar surface area (TPSA) is 70.6 Å². The normalized spacial score (nSPS) is 24.2. The molecule has 1 aliphatic carbocycles. The number of aliphatic hydroxyl groups is 1. The highest BCUT2D eigenvalue weighted by Gasteiger charge is 2.40. The monoisotopic (exact) mass is 354 g/mol. The zero-order valence-electron chi connectivity index (χ0n) is 14.9. The van der Waals surface area contributed by atoms with Crippen LogP contribution in [0.15, 0.2) is 42.5 Å². The predicted octanol–water partition coefficient (Wildman–Crippen LogP) is 2.78. The van der Waals surface area contributed by atoms with Crippen molar-refractivity contribution in [3.63, 3.8) is 0 Å². The van der Waals surface area contributed by atoms with Crippen LogP contribution in [0.2, 0.25) is 0 Å². The van der Waals surface area contributed by atoms with Gasteiger partial charge in [0.25, 0.3) is 0 Å². The third-order valence-electron chi connectivity index (χ3n) is 5.66. The first kappa shape index (κ1) is 17.3. The average molecular weight is 354 g/mol. The molecule has 138 valence electrons. The van der Waals surface area contributed by atoms with Gasteiger partial charge in [-0.15, -0.1) is 0 Å². The smallest absolute Gasteiger partial charge is 0.315 e. The first-order valence-corrected chi connectivity index (χ1v) is 9.49. The Bertz CT molecular complexity index is 773. The fourth-order valence-corrected chi connectivity index (χ4v) is 3.97. The average Bonchev–Trinajstić information content (AvgIpc) is 3.45. The van der Waals surface area contributed by atoms with Gasteiger partial charge < -0.3 is 20.5 Å². The van der Waals surface area contributed by atoms with Gasteiger partial charge in [-0.1, -0.05) is 42.5 Å². The molecule has 0 aromatic heterocycles. The van der Waals surface area contributed by atoms with Crippen molar-refractivity contribution in [2.45, 2.75) is 37.3 Å². The maximum atomic E-state index is 12.3. The standard InChI is InChI=1S/C21H26N2O3/c24-13-20(15-7-9-26-10-8-15)23-21(25)22-19-12-18(19)17-6-5-14-3-1-2-4-16(14)11-17/h1-6,11,15,18-20,24H,7-10,12-13H2,(H2,22,23,25)/t18-,19+,20?/m0/s1. The SMILES string of the molecule is O=C(NC(CO)C1CCOCC1)N[C@@H]1C[C@H]1c1ccc2ccccc2c1. The van der Waals surface area contributed by atoms with E-state index in [1.54, 1.807) is 0 Å². The Balaban J connectivity index is 1.32. The quantitative estimate of drug-likeness (QED) is 0.773. The largest absolute Gasteiger partial charge is 0.394 e. The summed E-state index contributed by atoms with van der Waals surface area (Å²) in [4.78, 5) is 12.3. The number of amides is 2. The van der Waals surface area contributed by atoms with Gasteiger partial charge in [-0.2, -0.15) is 0 Å². The maximum absolute atomic E-state index is 12.3. The number of carbonyl (C=O) groups is 1. The second-order valence-corrected chi connectivity index (χ2v) is 7.41. The second kappa shape index (κ2) is 7.64. The number of carbonyl (C=O) groups excluding carboxylic acids is 1. The lowest BCUT2D eigenvalue weighted by atomic mass is 9.92. The molecule has 2 aromatic carbocycles. The minimum Gasteiger partial charge on any atom is -0.394 e. The molecule has 26 heavy (non-hydrogen) atoms. The molecule has 2 fully saturated rings. The van der Waals surface area contributed by atoms with Gasteiger partial charge in [-0.3, -0.25) is 0 Å². The number of ether oxygens (including phenoxy) is 1. The molecule has 4 rings (SSSR count). The van der Waals surface area contributed by atoms with Crippen LogP contribution in [0, 0.1) is 5.92 Å². The van der Waals surface area contributed by atoms with Crippen LogP contribution >= 0.6 is 0 Å². The van der Waals surface area contributed by atoms with Crippen molar-refractivity contribution in [1.29, 1.82) is 0 Å². The van der Waals surface area contributed by atoms with Gasteiger partial charge in [0.1, 0.15) is 0 Å². The summed E-state index contributed by atoms with van der Waals surface area (Å²) >= 11 is 0. The van der Waals surface area contributed by atoms with E-state index in [9.17, 15) is 9.90 Å². The van der Waals surface area contributed by atoms with Gasteiger partial charge in [0, 0.05) is 25.2 Å². The lowest BCUT2D eigenvalue weighted by molar-refractivity contribution is 0.0456. The number of rotatable bonds is 5. The van der Waals surface area contributed by atoms with Crippen LogP contribution in [0.4, 0.5) is 4.79 Å². The van der Waals surface area contributed by atoms with Crippen molar-refractivity contribution < 1.29 is 14.6 Å². The van der Waals surface area contributed by atoms with Gasteiger partial charge in [0.2, 0.25) is 0 Å². The van der Waals surface area contributed by atoms with Crippen molar-refractivity contribution in [3.8, 4) is 0 Å². The molecule has 3 N–H and O–H groups in total. The number of benzene rings is 2. The molecular formula is C21H26N2O3. The molecule has 1 heterocycles. The van der Waals surface area contributed by atoms with Gasteiger partial charge in [-0.05, 0) is 41.5 Å². The summed E-state index contributed by atoms with van der Waals surface area (Å²) in [5.41, 5.74) is 1.28. The fourth-order valence-electron chi connectivity index (χ4n) is 3.97. The van der Waals surface area contributed by atoms with Crippen LogP contribution in [-0.4, -0.2) is 43.0 Å². The van der Waals surface area contributed by atoms with Crippen molar-refractivity contribution in [3.05, 3.63) is 48.0 Å².